The van der Waals surface area contributed by atoms with Crippen LogP contribution in [0.5, 0.6) is 11.5 Å². The summed E-state index contributed by atoms with van der Waals surface area (Å²) in [6, 6.07) is 18.9. The molecule has 11 nitrogen and oxygen atoms in total. The second-order valence-corrected chi connectivity index (χ2v) is 16.4. The van der Waals surface area contributed by atoms with E-state index in [4.69, 9.17) is 19.2 Å². The minimum Gasteiger partial charge on any atom is -0.494 e. The molecular formula is C43H49N5O6S. The number of piperidine rings is 2. The molecule has 3 aliphatic heterocycles. The van der Waals surface area contributed by atoms with Crippen molar-refractivity contribution in [3.8, 4) is 22.1 Å². The van der Waals surface area contributed by atoms with Crippen LogP contribution in [-0.4, -0.2) is 97.2 Å². The van der Waals surface area contributed by atoms with E-state index in [-0.39, 0.29) is 18.1 Å². The number of aromatic nitrogens is 1. The Labute approximate surface area is 326 Å². The van der Waals surface area contributed by atoms with Gasteiger partial charge in [0.2, 0.25) is 5.91 Å². The number of rotatable bonds is 14. The summed E-state index contributed by atoms with van der Waals surface area (Å²) in [6.07, 6.45) is 8.71. The smallest absolute Gasteiger partial charge is 0.262 e. The van der Waals surface area contributed by atoms with Crippen molar-refractivity contribution in [1.82, 2.24) is 20.1 Å². The predicted molar refractivity (Wildman–Crippen MR) is 214 cm³/mol. The number of imide groups is 1. The van der Waals surface area contributed by atoms with E-state index in [1.807, 2.05) is 20.2 Å². The van der Waals surface area contributed by atoms with E-state index in [2.05, 4.69) is 58.1 Å². The van der Waals surface area contributed by atoms with Crippen molar-refractivity contribution in [3.63, 3.8) is 0 Å². The molecule has 0 spiro atoms. The first kappa shape index (κ1) is 37.2. The number of thiazole rings is 1. The minimum atomic E-state index is -0.818. The van der Waals surface area contributed by atoms with Gasteiger partial charge in [-0.1, -0.05) is 6.58 Å². The monoisotopic (exact) mass is 763 g/mol. The van der Waals surface area contributed by atoms with Crippen molar-refractivity contribution in [1.29, 1.82) is 0 Å². The zero-order valence-corrected chi connectivity index (χ0v) is 32.4. The molecule has 3 amide bonds. The van der Waals surface area contributed by atoms with E-state index in [1.165, 1.54) is 5.69 Å². The molecule has 3 fully saturated rings. The van der Waals surface area contributed by atoms with Crippen molar-refractivity contribution in [2.24, 2.45) is 0 Å². The number of carbonyl (C=O) groups excluding carboxylic acids is 3. The number of nitrogens with one attached hydrogen (secondary N) is 1. The van der Waals surface area contributed by atoms with Gasteiger partial charge in [-0.05, 0) is 112 Å². The number of carbonyl (C=O) groups is 3. The fraction of sp³-hybridized carbons (Fsp3) is 0.442. The van der Waals surface area contributed by atoms with Crippen LogP contribution in [0.1, 0.15) is 78.5 Å². The Morgan fingerprint density at radius 3 is 2.38 bits per heavy atom. The molecule has 1 atom stereocenters. The maximum absolute atomic E-state index is 13.1. The summed E-state index contributed by atoms with van der Waals surface area (Å²) in [4.78, 5) is 49.1. The molecule has 4 aromatic rings. The predicted octanol–water partition coefficient (Wildman–Crippen LogP) is 7.06. The summed E-state index contributed by atoms with van der Waals surface area (Å²) in [5.74, 6) is 0.210. The highest BCUT2D eigenvalue weighted by atomic mass is 32.1. The Morgan fingerprint density at radius 2 is 1.62 bits per heavy atom. The van der Waals surface area contributed by atoms with Crippen LogP contribution in [0.3, 0.4) is 0 Å². The lowest BCUT2D eigenvalue weighted by atomic mass is 9.91. The number of hydrogen-bond donors (Lipinski definition) is 1. The molecule has 8 rings (SSSR count). The van der Waals surface area contributed by atoms with Gasteiger partial charge in [0.1, 0.15) is 28.7 Å². The Morgan fingerprint density at radius 1 is 0.855 bits per heavy atom. The topological polar surface area (TPSA) is 114 Å². The molecule has 0 bridgehead atoms. The summed E-state index contributed by atoms with van der Waals surface area (Å²) in [6.45, 7) is 7.49. The van der Waals surface area contributed by atoms with Gasteiger partial charge < -0.3 is 29.3 Å². The van der Waals surface area contributed by atoms with Crippen LogP contribution in [0.4, 0.5) is 5.69 Å². The third kappa shape index (κ3) is 8.27. The van der Waals surface area contributed by atoms with E-state index in [0.717, 1.165) is 96.0 Å². The van der Waals surface area contributed by atoms with Gasteiger partial charge in [0.25, 0.3) is 11.8 Å². The molecule has 55 heavy (non-hydrogen) atoms. The summed E-state index contributed by atoms with van der Waals surface area (Å²) in [5.41, 5.74) is 4.51. The quantitative estimate of drug-likeness (QED) is 0.107. The molecule has 0 radical (unpaired) electrons. The highest BCUT2D eigenvalue weighted by Crippen LogP contribution is 2.36. The number of ether oxygens (including phenoxy) is 3. The van der Waals surface area contributed by atoms with Crippen molar-refractivity contribution < 1.29 is 28.6 Å². The molecule has 12 heteroatoms. The zero-order valence-electron chi connectivity index (χ0n) is 31.6. The Kier molecular flexibility index (Phi) is 10.9. The molecule has 1 saturated carbocycles. The van der Waals surface area contributed by atoms with Gasteiger partial charge in [0.05, 0.1) is 40.2 Å². The highest BCUT2D eigenvalue weighted by molar-refractivity contribution is 7.21. The van der Waals surface area contributed by atoms with Crippen LogP contribution in [0.2, 0.25) is 0 Å². The fourth-order valence-corrected chi connectivity index (χ4v) is 8.89. The van der Waals surface area contributed by atoms with Gasteiger partial charge in [0, 0.05) is 57.0 Å². The molecule has 2 saturated heterocycles. The fourth-order valence-electron chi connectivity index (χ4n) is 7.89. The van der Waals surface area contributed by atoms with Crippen molar-refractivity contribution in [3.05, 3.63) is 84.1 Å². The van der Waals surface area contributed by atoms with Crippen molar-refractivity contribution >= 4 is 45.0 Å². The van der Waals surface area contributed by atoms with Crippen LogP contribution in [-0.2, 0) is 9.53 Å². The lowest BCUT2D eigenvalue weighted by Gasteiger charge is -2.40. The first-order valence-electron chi connectivity index (χ1n) is 19.5. The number of fused-ring (bicyclic) bond motifs is 2. The Balaban J connectivity index is 0.697. The number of unbranched alkanes of at least 4 members (excludes halogenated alkanes) is 2. The number of amides is 3. The number of nitrogens with zero attached hydrogens (tertiary/aromatic N) is 4. The third-order valence-electron chi connectivity index (χ3n) is 11.2. The molecular weight excluding hydrogens is 715 g/mol. The second kappa shape index (κ2) is 16.1. The molecule has 1 unspecified atom stereocenters. The standard InChI is InChI=1S/C43H49N5O6S/c1-27-7-16-38(40(49)44-27)48-42(50)35-14-12-31(25-36(35)43(48)51)52-22-6-4-5-19-47-20-17-30(18-21-47)53-33-23-34(24-33)54-32-13-15-37-39(26-32)55-41(45-37)28-8-10-29(11-9-28)46(2)3/h8-15,25-26,30,33-34,38H,1,4-7,16-24H2,2-3H3,(H,44,49). The molecule has 1 aliphatic carbocycles. The summed E-state index contributed by atoms with van der Waals surface area (Å²) < 4.78 is 19.9. The Hall–Kier alpha value is -4.78. The molecule has 4 heterocycles. The normalized spacial score (nSPS) is 21.8. The first-order chi connectivity index (χ1) is 26.7. The zero-order chi connectivity index (χ0) is 38.1. The summed E-state index contributed by atoms with van der Waals surface area (Å²) in [7, 11) is 4.09. The Bertz CT molecular complexity index is 2070. The molecule has 4 aliphatic rings. The average molecular weight is 764 g/mol. The van der Waals surface area contributed by atoms with E-state index in [1.54, 1.807) is 29.5 Å². The van der Waals surface area contributed by atoms with E-state index < -0.39 is 17.9 Å². The largest absolute Gasteiger partial charge is 0.494 e. The van der Waals surface area contributed by atoms with E-state index in [0.29, 0.717) is 48.1 Å². The van der Waals surface area contributed by atoms with Crippen LogP contribution in [0.15, 0.2) is 72.9 Å². The van der Waals surface area contributed by atoms with Crippen LogP contribution < -0.4 is 19.7 Å². The lowest BCUT2D eigenvalue weighted by Crippen LogP contribution is -2.51. The number of benzene rings is 3. The molecule has 3 aromatic carbocycles. The maximum Gasteiger partial charge on any atom is 0.262 e. The van der Waals surface area contributed by atoms with Gasteiger partial charge in [0.15, 0.2) is 0 Å². The van der Waals surface area contributed by atoms with E-state index >= 15 is 0 Å². The number of allylic oxidation sites excluding steroid dienone is 1. The number of likely N-dealkylation sites (tertiary alicyclic amines) is 1. The van der Waals surface area contributed by atoms with Crippen LogP contribution in [0, 0.1) is 0 Å². The van der Waals surface area contributed by atoms with Gasteiger partial charge in [-0.15, -0.1) is 11.3 Å². The number of anilines is 1. The van der Waals surface area contributed by atoms with E-state index in [9.17, 15) is 14.4 Å². The van der Waals surface area contributed by atoms with Gasteiger partial charge in [-0.2, -0.15) is 0 Å². The van der Waals surface area contributed by atoms with Gasteiger partial charge >= 0.3 is 0 Å². The first-order valence-corrected chi connectivity index (χ1v) is 20.4. The second-order valence-electron chi connectivity index (χ2n) is 15.3. The minimum absolute atomic E-state index is 0.190. The third-order valence-corrected chi connectivity index (χ3v) is 12.2. The van der Waals surface area contributed by atoms with Crippen molar-refractivity contribution in [2.75, 3.05) is 45.2 Å². The van der Waals surface area contributed by atoms with Crippen LogP contribution in [0.25, 0.3) is 20.8 Å². The average Bonchev–Trinajstić information content (AvgIpc) is 3.70. The van der Waals surface area contributed by atoms with Crippen LogP contribution >= 0.6 is 11.3 Å². The summed E-state index contributed by atoms with van der Waals surface area (Å²) >= 11 is 1.70. The number of hydrogen-bond acceptors (Lipinski definition) is 10. The highest BCUT2D eigenvalue weighted by Gasteiger charge is 2.44. The van der Waals surface area contributed by atoms with Gasteiger partial charge in [-0.3, -0.25) is 19.3 Å². The lowest BCUT2D eigenvalue weighted by molar-refractivity contribution is -0.125. The SMILES string of the molecule is C=C1CCC(N2C(=O)c3ccc(OCCCCCN4CCC(OC5CC(Oc6ccc7nc(-c8ccc(N(C)C)cc8)sc7c6)C5)CC4)cc3C2=O)C(=O)N1. The molecule has 288 valence electrons. The van der Waals surface area contributed by atoms with Gasteiger partial charge in [-0.25, -0.2) is 4.98 Å². The summed E-state index contributed by atoms with van der Waals surface area (Å²) in [5, 5.41) is 3.68. The maximum atomic E-state index is 13.1. The molecule has 1 N–H and O–H groups in total. The van der Waals surface area contributed by atoms with Crippen molar-refractivity contribution in [2.45, 2.75) is 82.1 Å². The molecule has 1 aromatic heterocycles.